The number of rotatable bonds is 5. The zero-order chi connectivity index (χ0) is 12.0. The molecule has 0 aromatic carbocycles. The average molecular weight is 213 g/mol. The molecule has 15 heavy (non-hydrogen) atoms. The van der Waals surface area contributed by atoms with Crippen LogP contribution in [0.15, 0.2) is 12.2 Å². The minimum Gasteiger partial charge on any atom is -0.460 e. The van der Waals surface area contributed by atoms with E-state index >= 15 is 0 Å². The summed E-state index contributed by atoms with van der Waals surface area (Å²) in [5.41, 5.74) is 0.292. The predicted molar refractivity (Wildman–Crippen MR) is 54.1 cm³/mol. The third kappa shape index (κ3) is 5.61. The lowest BCUT2D eigenvalue weighted by Gasteiger charge is -2.12. The van der Waals surface area contributed by atoms with Crippen molar-refractivity contribution in [1.29, 1.82) is 0 Å². The van der Waals surface area contributed by atoms with E-state index in [1.54, 1.807) is 6.92 Å². The smallest absolute Gasteiger partial charge is 0.333 e. The van der Waals surface area contributed by atoms with Crippen molar-refractivity contribution in [1.82, 2.24) is 5.32 Å². The topological polar surface area (TPSA) is 72.5 Å². The Kier molecular flexibility index (Phi) is 5.30. The van der Waals surface area contributed by atoms with Gasteiger partial charge in [0.1, 0.15) is 6.61 Å². The van der Waals surface area contributed by atoms with E-state index in [9.17, 15) is 14.4 Å². The summed E-state index contributed by atoms with van der Waals surface area (Å²) in [6, 6.07) is -0.398. The molecule has 0 bridgehead atoms. The molecule has 1 N–H and O–H groups in total. The number of amides is 1. The van der Waals surface area contributed by atoms with E-state index in [-0.39, 0.29) is 6.61 Å². The number of nitrogens with one attached hydrogen (secondary N) is 1. The van der Waals surface area contributed by atoms with Crippen LogP contribution in [0, 0.1) is 0 Å². The molecule has 0 aromatic rings. The molecule has 0 aliphatic carbocycles. The van der Waals surface area contributed by atoms with Crippen molar-refractivity contribution in [3.05, 3.63) is 12.2 Å². The van der Waals surface area contributed by atoms with Crippen LogP contribution in [0.2, 0.25) is 0 Å². The summed E-state index contributed by atoms with van der Waals surface area (Å²) < 4.78 is 4.78. The van der Waals surface area contributed by atoms with Gasteiger partial charge in [-0.15, -0.1) is 0 Å². The van der Waals surface area contributed by atoms with Crippen LogP contribution in [0.25, 0.3) is 0 Å². The maximum absolute atomic E-state index is 11.0. The number of hydrogen-bond acceptors (Lipinski definition) is 4. The van der Waals surface area contributed by atoms with E-state index in [0.29, 0.717) is 5.57 Å². The largest absolute Gasteiger partial charge is 0.460 e. The van der Waals surface area contributed by atoms with Crippen molar-refractivity contribution in [3.63, 3.8) is 0 Å². The van der Waals surface area contributed by atoms with E-state index in [1.165, 1.54) is 13.8 Å². The number of hydrogen-bond donors (Lipinski definition) is 1. The van der Waals surface area contributed by atoms with Crippen LogP contribution in [0.4, 0.5) is 0 Å². The normalized spacial score (nSPS) is 11.4. The highest BCUT2D eigenvalue weighted by atomic mass is 16.5. The third-order valence-corrected chi connectivity index (χ3v) is 1.51. The molecule has 0 heterocycles. The number of ketones is 1. The number of ether oxygens (including phenoxy) is 1. The summed E-state index contributed by atoms with van der Waals surface area (Å²) in [4.78, 5) is 32.5. The van der Waals surface area contributed by atoms with Gasteiger partial charge < -0.3 is 10.1 Å². The number of esters is 1. The van der Waals surface area contributed by atoms with Gasteiger partial charge in [-0.1, -0.05) is 6.58 Å². The molecule has 0 saturated heterocycles. The first-order chi connectivity index (χ1) is 6.84. The van der Waals surface area contributed by atoms with Crippen LogP contribution in [-0.2, 0) is 19.1 Å². The zero-order valence-corrected chi connectivity index (χ0v) is 9.12. The Balaban J connectivity index is 3.90. The molecule has 1 unspecified atom stereocenters. The molecule has 0 saturated carbocycles. The highest BCUT2D eigenvalue weighted by Gasteiger charge is 2.13. The lowest BCUT2D eigenvalue weighted by molar-refractivity contribution is -0.141. The van der Waals surface area contributed by atoms with Gasteiger partial charge in [-0.2, -0.15) is 0 Å². The minimum absolute atomic E-state index is 0.0186. The Morgan fingerprint density at radius 3 is 2.27 bits per heavy atom. The van der Waals surface area contributed by atoms with Gasteiger partial charge in [-0.3, -0.25) is 9.59 Å². The maximum atomic E-state index is 11.0. The molecule has 84 valence electrons. The lowest BCUT2D eigenvalue weighted by Crippen LogP contribution is -2.39. The summed E-state index contributed by atoms with van der Waals surface area (Å²) in [5.74, 6) is -1.78. The quantitative estimate of drug-likeness (QED) is 0.402. The van der Waals surface area contributed by atoms with Gasteiger partial charge in [0.25, 0.3) is 5.91 Å². The van der Waals surface area contributed by atoms with E-state index in [1.807, 2.05) is 0 Å². The molecule has 1 atom stereocenters. The van der Waals surface area contributed by atoms with Crippen molar-refractivity contribution in [2.45, 2.75) is 26.8 Å². The van der Waals surface area contributed by atoms with E-state index in [2.05, 4.69) is 11.9 Å². The van der Waals surface area contributed by atoms with Gasteiger partial charge in [0.15, 0.2) is 0 Å². The fourth-order valence-corrected chi connectivity index (χ4v) is 0.691. The van der Waals surface area contributed by atoms with E-state index in [4.69, 9.17) is 4.74 Å². The Morgan fingerprint density at radius 2 is 1.87 bits per heavy atom. The van der Waals surface area contributed by atoms with Crippen LogP contribution in [0.5, 0.6) is 0 Å². The zero-order valence-electron chi connectivity index (χ0n) is 9.12. The van der Waals surface area contributed by atoms with Gasteiger partial charge in [0.2, 0.25) is 5.78 Å². The molecule has 0 fully saturated rings. The monoisotopic (exact) mass is 213 g/mol. The van der Waals surface area contributed by atoms with Crippen LogP contribution in [0.3, 0.4) is 0 Å². The molecule has 0 aromatic heterocycles. The standard InChI is InChI=1S/C10H15NO4/c1-6(2)10(14)15-5-7(3)11-9(13)8(4)12/h7H,1,5H2,2-4H3,(H,11,13). The molecule has 0 spiro atoms. The first kappa shape index (κ1) is 13.4. The highest BCUT2D eigenvalue weighted by Crippen LogP contribution is 1.93. The van der Waals surface area contributed by atoms with Gasteiger partial charge in [-0.05, 0) is 13.8 Å². The summed E-state index contributed by atoms with van der Waals surface area (Å²) in [6.07, 6.45) is 0. The summed E-state index contributed by atoms with van der Waals surface area (Å²) in [5, 5.41) is 2.38. The van der Waals surface area contributed by atoms with Crippen LogP contribution in [-0.4, -0.2) is 30.3 Å². The summed E-state index contributed by atoms with van der Waals surface area (Å²) >= 11 is 0. The molecule has 0 rings (SSSR count). The van der Waals surface area contributed by atoms with Gasteiger partial charge in [0.05, 0.1) is 6.04 Å². The number of carbonyl (C=O) groups is 3. The fourth-order valence-electron chi connectivity index (χ4n) is 0.691. The van der Waals surface area contributed by atoms with Crippen molar-refractivity contribution in [2.75, 3.05) is 6.61 Å². The lowest BCUT2D eigenvalue weighted by atomic mass is 10.3. The Labute approximate surface area is 88.5 Å². The average Bonchev–Trinajstić information content (AvgIpc) is 2.13. The van der Waals surface area contributed by atoms with Crippen LogP contribution in [0.1, 0.15) is 20.8 Å². The van der Waals surface area contributed by atoms with E-state index < -0.39 is 23.7 Å². The molecule has 0 aliphatic rings. The maximum Gasteiger partial charge on any atom is 0.333 e. The SMILES string of the molecule is C=C(C)C(=O)OCC(C)NC(=O)C(C)=O. The van der Waals surface area contributed by atoms with Crippen molar-refractivity contribution >= 4 is 17.7 Å². The Morgan fingerprint density at radius 1 is 1.33 bits per heavy atom. The Bertz CT molecular complexity index is 296. The summed E-state index contributed by atoms with van der Waals surface area (Å²) in [6.45, 7) is 7.75. The first-order valence-electron chi connectivity index (χ1n) is 4.48. The van der Waals surface area contributed by atoms with Crippen LogP contribution < -0.4 is 5.32 Å². The molecular formula is C10H15NO4. The van der Waals surface area contributed by atoms with Gasteiger partial charge in [-0.25, -0.2) is 4.79 Å². The van der Waals surface area contributed by atoms with Crippen molar-refractivity contribution in [2.24, 2.45) is 0 Å². The number of Topliss-reactive ketones (excluding diaryl/α,β-unsaturated/α-hetero) is 1. The third-order valence-electron chi connectivity index (χ3n) is 1.51. The molecular weight excluding hydrogens is 198 g/mol. The molecule has 0 radical (unpaired) electrons. The fraction of sp³-hybridized carbons (Fsp3) is 0.500. The predicted octanol–water partition coefficient (Wildman–Crippen LogP) is 0.199. The second-order valence-electron chi connectivity index (χ2n) is 3.31. The Hall–Kier alpha value is -1.65. The minimum atomic E-state index is -0.686. The molecule has 5 heteroatoms. The van der Waals surface area contributed by atoms with Gasteiger partial charge >= 0.3 is 5.97 Å². The first-order valence-corrected chi connectivity index (χ1v) is 4.48. The summed E-state index contributed by atoms with van der Waals surface area (Å²) in [7, 11) is 0. The highest BCUT2D eigenvalue weighted by molar-refractivity contribution is 6.35. The van der Waals surface area contributed by atoms with Crippen molar-refractivity contribution < 1.29 is 19.1 Å². The van der Waals surface area contributed by atoms with Crippen molar-refractivity contribution in [3.8, 4) is 0 Å². The molecule has 5 nitrogen and oxygen atoms in total. The van der Waals surface area contributed by atoms with E-state index in [0.717, 1.165) is 0 Å². The second-order valence-corrected chi connectivity index (χ2v) is 3.31. The van der Waals surface area contributed by atoms with Crippen LogP contribution >= 0.6 is 0 Å². The number of carbonyl (C=O) groups excluding carboxylic acids is 3. The second kappa shape index (κ2) is 5.95. The molecule has 1 amide bonds. The van der Waals surface area contributed by atoms with Gasteiger partial charge in [0, 0.05) is 12.5 Å². The molecule has 0 aliphatic heterocycles.